The zero-order chi connectivity index (χ0) is 20.5. The first kappa shape index (κ1) is 20.1. The zero-order valence-corrected chi connectivity index (χ0v) is 18.8. The lowest BCUT2D eigenvalue weighted by Gasteiger charge is -2.24. The van der Waals surface area contributed by atoms with Crippen LogP contribution in [-0.4, -0.2) is 40.8 Å². The maximum absolute atomic E-state index is 5.44. The van der Waals surface area contributed by atoms with E-state index in [1.165, 1.54) is 18.7 Å². The average molecular weight is 411 g/mol. The third-order valence-corrected chi connectivity index (χ3v) is 6.29. The highest BCUT2D eigenvalue weighted by Gasteiger charge is 2.28. The van der Waals surface area contributed by atoms with E-state index in [1.54, 1.807) is 18.9 Å². The van der Waals surface area contributed by atoms with Crippen molar-refractivity contribution in [2.75, 3.05) is 31.4 Å². The molecule has 0 unspecified atom stereocenters. The van der Waals surface area contributed by atoms with E-state index >= 15 is 0 Å². The highest BCUT2D eigenvalue weighted by Crippen LogP contribution is 2.38. The lowest BCUT2D eigenvalue weighted by molar-refractivity contribution is 0.414. The van der Waals surface area contributed by atoms with E-state index in [2.05, 4.69) is 54.7 Å². The van der Waals surface area contributed by atoms with Crippen molar-refractivity contribution in [3.05, 3.63) is 35.7 Å². The molecule has 0 spiro atoms. The van der Waals surface area contributed by atoms with Crippen molar-refractivity contribution < 1.29 is 4.74 Å². The highest BCUT2D eigenvalue weighted by molar-refractivity contribution is 7.98. The largest absolute Gasteiger partial charge is 0.497 e. The van der Waals surface area contributed by atoms with Gasteiger partial charge in [-0.05, 0) is 68.5 Å². The molecule has 0 atom stereocenters. The second kappa shape index (κ2) is 8.27. The second-order valence-electron chi connectivity index (χ2n) is 7.94. The number of rotatable bonds is 8. The van der Waals surface area contributed by atoms with Crippen molar-refractivity contribution in [2.45, 2.75) is 45.1 Å². The summed E-state index contributed by atoms with van der Waals surface area (Å²) in [7, 11) is 1.71. The number of hydrogen-bond donors (Lipinski definition) is 0. The van der Waals surface area contributed by atoms with Crippen LogP contribution in [0.2, 0.25) is 0 Å². The van der Waals surface area contributed by atoms with E-state index in [0.29, 0.717) is 0 Å². The summed E-state index contributed by atoms with van der Waals surface area (Å²) in [4.78, 5) is 12.4. The summed E-state index contributed by atoms with van der Waals surface area (Å²) in [5.74, 6) is 2.92. The maximum atomic E-state index is 5.44. The molecule has 0 aliphatic heterocycles. The number of hydrogen-bond acceptors (Lipinski definition) is 5. The molecular formula is C23H30N4OS. The summed E-state index contributed by atoms with van der Waals surface area (Å²) >= 11 is 1.72. The zero-order valence-electron chi connectivity index (χ0n) is 18.0. The number of ether oxygens (including phenoxy) is 1. The molecule has 0 saturated heterocycles. The Kier molecular flexibility index (Phi) is 5.72. The lowest BCUT2D eigenvalue weighted by atomic mass is 9.99. The van der Waals surface area contributed by atoms with Gasteiger partial charge in [0.2, 0.25) is 0 Å². The molecule has 0 bridgehead atoms. The van der Waals surface area contributed by atoms with Gasteiger partial charge in [0.05, 0.1) is 7.11 Å². The van der Waals surface area contributed by atoms with Gasteiger partial charge in [0.1, 0.15) is 22.3 Å². The van der Waals surface area contributed by atoms with Gasteiger partial charge in [-0.2, -0.15) is 0 Å². The molecule has 0 amide bonds. The monoisotopic (exact) mass is 410 g/mol. The number of anilines is 1. The smallest absolute Gasteiger partial charge is 0.166 e. The van der Waals surface area contributed by atoms with Crippen molar-refractivity contribution in [3.63, 3.8) is 0 Å². The summed E-state index contributed by atoms with van der Waals surface area (Å²) in [6, 6.07) is 4.15. The molecule has 0 N–H and O–H groups in total. The van der Waals surface area contributed by atoms with E-state index in [9.17, 15) is 0 Å². The molecule has 2 aromatic heterocycles. The Bertz CT molecular complexity index is 1000. The molecule has 29 heavy (non-hydrogen) atoms. The molecule has 5 nitrogen and oxygen atoms in total. The normalized spacial score (nSPS) is 13.8. The topological polar surface area (TPSA) is 42.7 Å². The minimum absolute atomic E-state index is 0.828. The lowest BCUT2D eigenvalue weighted by Crippen LogP contribution is -2.28. The van der Waals surface area contributed by atoms with Crippen LogP contribution in [-0.2, 0) is 0 Å². The fourth-order valence-electron chi connectivity index (χ4n) is 4.13. The number of imidazole rings is 1. The minimum atomic E-state index is 0.828. The molecule has 1 saturated carbocycles. The Balaban J connectivity index is 1.89. The van der Waals surface area contributed by atoms with Crippen LogP contribution in [0.5, 0.6) is 5.75 Å². The number of fused-ring (bicyclic) bond motifs is 1. The van der Waals surface area contributed by atoms with Crippen LogP contribution in [0, 0.1) is 19.8 Å². The van der Waals surface area contributed by atoms with Crippen molar-refractivity contribution in [1.82, 2.24) is 14.4 Å². The number of methoxy groups -OCH3 is 1. The third-order valence-electron chi connectivity index (χ3n) is 5.63. The second-order valence-corrected chi connectivity index (χ2v) is 8.73. The van der Waals surface area contributed by atoms with E-state index in [1.807, 2.05) is 6.20 Å². The predicted molar refractivity (Wildman–Crippen MR) is 121 cm³/mol. The van der Waals surface area contributed by atoms with Gasteiger partial charge in [0.15, 0.2) is 5.65 Å². The molecule has 4 rings (SSSR count). The molecule has 1 fully saturated rings. The first-order valence-corrected chi connectivity index (χ1v) is 11.6. The molecule has 3 aromatic rings. The van der Waals surface area contributed by atoms with Gasteiger partial charge in [-0.3, -0.25) is 9.38 Å². The maximum Gasteiger partial charge on any atom is 0.166 e. The van der Waals surface area contributed by atoms with Crippen LogP contribution in [0.1, 0.15) is 37.3 Å². The van der Waals surface area contributed by atoms with Gasteiger partial charge in [-0.25, -0.2) is 4.98 Å². The van der Waals surface area contributed by atoms with Crippen LogP contribution < -0.4 is 9.64 Å². The van der Waals surface area contributed by atoms with E-state index in [0.717, 1.165) is 64.2 Å². The molecule has 1 aliphatic rings. The van der Waals surface area contributed by atoms with Crippen molar-refractivity contribution >= 4 is 23.2 Å². The van der Waals surface area contributed by atoms with Crippen molar-refractivity contribution in [2.24, 2.45) is 5.92 Å². The molecule has 0 radical (unpaired) electrons. The first-order valence-electron chi connectivity index (χ1n) is 10.4. The minimum Gasteiger partial charge on any atom is -0.497 e. The predicted octanol–water partition coefficient (Wildman–Crippen LogP) is 5.37. The number of benzene rings is 1. The summed E-state index contributed by atoms with van der Waals surface area (Å²) in [5, 5.41) is 1.08. The quantitative estimate of drug-likeness (QED) is 0.467. The third kappa shape index (κ3) is 3.82. The van der Waals surface area contributed by atoms with Crippen LogP contribution in [0.4, 0.5) is 5.82 Å². The van der Waals surface area contributed by atoms with Gasteiger partial charge in [0.25, 0.3) is 0 Å². The Hall–Kier alpha value is -2.21. The van der Waals surface area contributed by atoms with Gasteiger partial charge < -0.3 is 9.64 Å². The van der Waals surface area contributed by atoms with Gasteiger partial charge >= 0.3 is 0 Å². The van der Waals surface area contributed by atoms with Gasteiger partial charge in [-0.15, -0.1) is 11.8 Å². The molecule has 6 heteroatoms. The van der Waals surface area contributed by atoms with E-state index < -0.39 is 0 Å². The SMILES string of the molecule is CCCN(CC1CC1)c1c(SC)nc2c(-c3c(C)cc(OC)cc3C)nccn12. The van der Waals surface area contributed by atoms with Crippen molar-refractivity contribution in [3.8, 4) is 17.0 Å². The summed E-state index contributed by atoms with van der Waals surface area (Å²) in [5.41, 5.74) is 5.32. The summed E-state index contributed by atoms with van der Waals surface area (Å²) in [6.45, 7) is 8.65. The molecular weight excluding hydrogens is 380 g/mol. The Morgan fingerprint density at radius 2 is 1.97 bits per heavy atom. The Morgan fingerprint density at radius 1 is 1.24 bits per heavy atom. The van der Waals surface area contributed by atoms with Crippen LogP contribution >= 0.6 is 11.8 Å². The number of thioether (sulfide) groups is 1. The van der Waals surface area contributed by atoms with Crippen LogP contribution in [0.15, 0.2) is 29.6 Å². The molecule has 2 heterocycles. The fourth-order valence-corrected chi connectivity index (χ4v) is 4.71. The Labute approximate surface area is 177 Å². The standard InChI is InChI=1S/C23H30N4OS/c1-6-10-26(14-17-7-8-17)23-22(29-5)25-21-20(24-9-11-27(21)23)19-15(2)12-18(28-4)13-16(19)3/h9,11-13,17H,6-8,10,14H2,1-5H3. The number of aromatic nitrogens is 3. The van der Waals surface area contributed by atoms with Gasteiger partial charge in [-0.1, -0.05) is 6.92 Å². The summed E-state index contributed by atoms with van der Waals surface area (Å²) in [6.07, 6.45) is 9.91. The van der Waals surface area contributed by atoms with E-state index in [-0.39, 0.29) is 0 Å². The van der Waals surface area contributed by atoms with E-state index in [4.69, 9.17) is 14.7 Å². The first-order chi connectivity index (χ1) is 14.1. The molecule has 1 aromatic carbocycles. The summed E-state index contributed by atoms with van der Waals surface area (Å²) < 4.78 is 7.69. The van der Waals surface area contributed by atoms with Crippen molar-refractivity contribution in [1.29, 1.82) is 0 Å². The number of nitrogens with zero attached hydrogens (tertiary/aromatic N) is 4. The van der Waals surface area contributed by atoms with Gasteiger partial charge in [0, 0.05) is 31.0 Å². The molecule has 154 valence electrons. The fraction of sp³-hybridized carbons (Fsp3) is 0.478. The number of aryl methyl sites for hydroxylation is 2. The average Bonchev–Trinajstić information content (AvgIpc) is 3.44. The van der Waals surface area contributed by atoms with Crippen LogP contribution in [0.25, 0.3) is 16.9 Å². The Morgan fingerprint density at radius 3 is 2.55 bits per heavy atom. The van der Waals surface area contributed by atoms with Crippen LogP contribution in [0.3, 0.4) is 0 Å². The molecule has 1 aliphatic carbocycles. The highest BCUT2D eigenvalue weighted by atomic mass is 32.2.